The minimum absolute atomic E-state index is 0.0562. The third kappa shape index (κ3) is 8.45. The number of benzene rings is 1. The van der Waals surface area contributed by atoms with Crippen molar-refractivity contribution in [1.29, 1.82) is 0 Å². The van der Waals surface area contributed by atoms with E-state index in [1.165, 1.54) is 11.1 Å². The summed E-state index contributed by atoms with van der Waals surface area (Å²) < 4.78 is 4.75. The van der Waals surface area contributed by atoms with E-state index in [1.54, 1.807) is 19.2 Å². The molecule has 2 bridgehead atoms. The van der Waals surface area contributed by atoms with E-state index in [1.807, 2.05) is 44.2 Å². The second-order valence-corrected chi connectivity index (χ2v) is 10.9. The molecule has 0 saturated carbocycles. The zero-order valence-electron chi connectivity index (χ0n) is 24.1. The number of pyridine rings is 1. The number of hydrogen-bond donors (Lipinski definition) is 3. The van der Waals surface area contributed by atoms with E-state index in [-0.39, 0.29) is 43.1 Å². The second-order valence-electron chi connectivity index (χ2n) is 10.9. The van der Waals surface area contributed by atoms with Crippen LogP contribution >= 0.6 is 0 Å². The third-order valence-electron chi connectivity index (χ3n) is 7.12. The second kappa shape index (κ2) is 14.3. The van der Waals surface area contributed by atoms with Crippen LogP contribution in [0.3, 0.4) is 0 Å². The number of fused-ring (bicyclic) bond motifs is 2. The van der Waals surface area contributed by atoms with Gasteiger partial charge in [0.05, 0.1) is 24.6 Å². The Morgan fingerprint density at radius 1 is 1.10 bits per heavy atom. The van der Waals surface area contributed by atoms with Crippen LogP contribution in [0, 0.1) is 12.8 Å². The Kier molecular flexibility index (Phi) is 10.4. The number of nitrogens with zero attached hydrogens (tertiary/aromatic N) is 4. The Balaban J connectivity index is 1.65. The highest BCUT2D eigenvalue weighted by Crippen LogP contribution is 2.12. The van der Waals surface area contributed by atoms with Gasteiger partial charge in [0, 0.05) is 25.5 Å². The monoisotopic (exact) mass is 575 g/mol. The molecule has 0 aliphatic carbocycles. The molecule has 1 aliphatic heterocycles. The van der Waals surface area contributed by atoms with Gasteiger partial charge in [0.15, 0.2) is 0 Å². The van der Waals surface area contributed by atoms with Crippen molar-refractivity contribution in [1.82, 2.24) is 36.1 Å². The van der Waals surface area contributed by atoms with Crippen LogP contribution in [0.5, 0.6) is 0 Å². The highest BCUT2D eigenvalue weighted by molar-refractivity contribution is 5.97. The number of aryl methyl sites for hydroxylation is 2. The van der Waals surface area contributed by atoms with Crippen LogP contribution in [0.2, 0.25) is 0 Å². The average Bonchev–Trinajstić information content (AvgIpc) is 3.37. The quantitative estimate of drug-likeness (QED) is 0.412. The molecule has 0 spiro atoms. The first kappa shape index (κ1) is 30.4. The molecular weight excluding hydrogens is 538 g/mol. The fourth-order valence-corrected chi connectivity index (χ4v) is 4.79. The van der Waals surface area contributed by atoms with Crippen molar-refractivity contribution in [2.24, 2.45) is 5.92 Å². The minimum Gasteiger partial charge on any atom is -0.355 e. The van der Waals surface area contributed by atoms with Gasteiger partial charge >= 0.3 is 0 Å². The summed E-state index contributed by atoms with van der Waals surface area (Å²) >= 11 is 0. The first-order valence-electron chi connectivity index (χ1n) is 14.1. The minimum atomic E-state index is -0.841. The summed E-state index contributed by atoms with van der Waals surface area (Å²) in [6.45, 7) is 5.62. The molecule has 12 nitrogen and oxygen atoms in total. The molecular formula is C30H37N7O5. The molecule has 12 heteroatoms. The predicted molar refractivity (Wildman–Crippen MR) is 153 cm³/mol. The Morgan fingerprint density at radius 3 is 2.60 bits per heavy atom. The molecule has 42 heavy (non-hydrogen) atoms. The van der Waals surface area contributed by atoms with E-state index < -0.39 is 18.0 Å². The molecule has 4 rings (SSSR count). The largest absolute Gasteiger partial charge is 0.355 e. The lowest BCUT2D eigenvalue weighted by Gasteiger charge is -2.30. The van der Waals surface area contributed by atoms with Crippen LogP contribution in [-0.4, -0.2) is 75.5 Å². The number of carbonyl (C=O) groups is 4. The molecule has 1 aromatic carbocycles. The van der Waals surface area contributed by atoms with Gasteiger partial charge in [0.25, 0.3) is 5.91 Å². The fraction of sp³-hybridized carbons (Fsp3) is 0.433. The van der Waals surface area contributed by atoms with Crippen molar-refractivity contribution >= 4 is 23.6 Å². The lowest BCUT2D eigenvalue weighted by Crippen LogP contribution is -2.56. The zero-order chi connectivity index (χ0) is 30.1. The Morgan fingerprint density at radius 2 is 1.88 bits per heavy atom. The van der Waals surface area contributed by atoms with Crippen molar-refractivity contribution in [2.45, 2.75) is 58.5 Å². The number of aromatic nitrogens is 3. The van der Waals surface area contributed by atoms with Crippen molar-refractivity contribution in [3.05, 3.63) is 76.9 Å². The van der Waals surface area contributed by atoms with Crippen molar-refractivity contribution in [3.63, 3.8) is 0 Å². The molecule has 3 N–H and O–H groups in total. The van der Waals surface area contributed by atoms with Gasteiger partial charge < -0.3 is 20.9 Å². The normalized spacial score (nSPS) is 19.0. The van der Waals surface area contributed by atoms with Gasteiger partial charge in [0.1, 0.15) is 17.4 Å². The Hall–Kier alpha value is -4.61. The van der Waals surface area contributed by atoms with Gasteiger partial charge in [0.2, 0.25) is 17.7 Å². The molecule has 3 aromatic rings. The number of carbonyl (C=O) groups excluding carboxylic acids is 4. The van der Waals surface area contributed by atoms with E-state index in [9.17, 15) is 19.2 Å². The lowest BCUT2D eigenvalue weighted by molar-refractivity contribution is -0.136. The average molecular weight is 576 g/mol. The molecule has 4 amide bonds. The summed E-state index contributed by atoms with van der Waals surface area (Å²) in [6, 6.07) is 9.89. The third-order valence-corrected chi connectivity index (χ3v) is 7.12. The van der Waals surface area contributed by atoms with E-state index in [0.29, 0.717) is 42.8 Å². The summed E-state index contributed by atoms with van der Waals surface area (Å²) in [5.41, 5.74) is 3.00. The summed E-state index contributed by atoms with van der Waals surface area (Å²) in [5.74, 6) is -1.69. The van der Waals surface area contributed by atoms with E-state index in [2.05, 4.69) is 31.2 Å². The maximum atomic E-state index is 13.7. The molecule has 0 fully saturated rings. The van der Waals surface area contributed by atoms with Crippen molar-refractivity contribution < 1.29 is 23.8 Å². The van der Waals surface area contributed by atoms with Crippen molar-refractivity contribution in [3.8, 4) is 0 Å². The van der Waals surface area contributed by atoms with Gasteiger partial charge in [-0.1, -0.05) is 54.5 Å². The van der Waals surface area contributed by atoms with Crippen LogP contribution in [0.4, 0.5) is 0 Å². The van der Waals surface area contributed by atoms with Crippen LogP contribution in [0.25, 0.3) is 0 Å². The number of nitrogens with one attached hydrogen (secondary N) is 3. The molecule has 0 unspecified atom stereocenters. The maximum Gasteiger partial charge on any atom is 0.253 e. The maximum absolute atomic E-state index is 13.7. The lowest BCUT2D eigenvalue weighted by atomic mass is 10.0. The Bertz CT molecular complexity index is 1390. The highest BCUT2D eigenvalue weighted by Gasteiger charge is 2.30. The van der Waals surface area contributed by atoms with E-state index >= 15 is 0 Å². The standard InChI is InChI=1S/C30H37N7O5/c1-19(2)28-30(41)33-24(13-21-8-5-4-6-9-21)17-37(27(39)14-25-20(3)35-42-36-25)18-26(38)32-11-7-10-22-12-23(16-31-15-22)29(40)34-28/h4-6,8-9,12,15-16,19,24,28H,7,10-11,13-14,17-18H2,1-3H3,(H,32,38)(H,33,41)(H,34,40)/t24-,28-/m1/s1. The summed E-state index contributed by atoms with van der Waals surface area (Å²) in [5, 5.41) is 16.4. The van der Waals surface area contributed by atoms with Crippen LogP contribution in [-0.2, 0) is 33.6 Å². The molecule has 222 valence electrons. The fourth-order valence-electron chi connectivity index (χ4n) is 4.79. The smallest absolute Gasteiger partial charge is 0.253 e. The molecule has 0 radical (unpaired) electrons. The zero-order valence-corrected chi connectivity index (χ0v) is 24.1. The summed E-state index contributed by atoms with van der Waals surface area (Å²) in [6.07, 6.45) is 4.63. The molecule has 2 aromatic heterocycles. The van der Waals surface area contributed by atoms with Crippen LogP contribution in [0.1, 0.15) is 53.1 Å². The number of rotatable bonds is 5. The van der Waals surface area contributed by atoms with E-state index in [0.717, 1.165) is 11.1 Å². The first-order chi connectivity index (χ1) is 20.2. The molecule has 1 aliphatic rings. The van der Waals surface area contributed by atoms with Gasteiger partial charge in [-0.05, 0) is 49.3 Å². The van der Waals surface area contributed by atoms with Crippen LogP contribution in [0.15, 0.2) is 53.4 Å². The number of amides is 4. The van der Waals surface area contributed by atoms with Crippen molar-refractivity contribution in [2.75, 3.05) is 19.6 Å². The Labute approximate surface area is 244 Å². The predicted octanol–water partition coefficient (Wildman–Crippen LogP) is 1.39. The van der Waals surface area contributed by atoms with Gasteiger partial charge in [-0.25, -0.2) is 4.63 Å². The van der Waals surface area contributed by atoms with Gasteiger partial charge in [-0.3, -0.25) is 24.2 Å². The molecule has 3 heterocycles. The molecule has 2 atom stereocenters. The van der Waals surface area contributed by atoms with Crippen LogP contribution < -0.4 is 16.0 Å². The van der Waals surface area contributed by atoms with E-state index in [4.69, 9.17) is 4.63 Å². The number of hydrogen-bond acceptors (Lipinski definition) is 8. The molecule has 0 saturated heterocycles. The van der Waals surface area contributed by atoms with Gasteiger partial charge in [-0.2, -0.15) is 0 Å². The summed E-state index contributed by atoms with van der Waals surface area (Å²) in [7, 11) is 0. The van der Waals surface area contributed by atoms with Gasteiger partial charge in [-0.15, -0.1) is 0 Å². The topological polar surface area (TPSA) is 159 Å². The SMILES string of the molecule is Cc1nonc1CC(=O)N1CC(=O)NCCCc2cncc(c2)C(=O)N[C@H](C(C)C)C(=O)N[C@H](Cc2ccccc2)C1. The first-order valence-corrected chi connectivity index (χ1v) is 14.1. The highest BCUT2D eigenvalue weighted by atomic mass is 16.6. The summed E-state index contributed by atoms with van der Waals surface area (Å²) in [4.78, 5) is 58.9.